The summed E-state index contributed by atoms with van der Waals surface area (Å²) < 4.78 is 11.9. The molecule has 0 unspecified atom stereocenters. The average molecular weight is 336 g/mol. The van der Waals surface area contributed by atoms with E-state index in [9.17, 15) is 0 Å². The molecule has 0 amide bonds. The van der Waals surface area contributed by atoms with Crippen LogP contribution in [0.3, 0.4) is 0 Å². The zero-order valence-corrected chi connectivity index (χ0v) is 14.2. The van der Waals surface area contributed by atoms with Crippen molar-refractivity contribution in [3.8, 4) is 0 Å². The van der Waals surface area contributed by atoms with Gasteiger partial charge in [0.25, 0.3) is 0 Å². The molecule has 2 fully saturated rings. The summed E-state index contributed by atoms with van der Waals surface area (Å²) in [5, 5.41) is 5.34. The molecule has 2 aliphatic heterocycles. The number of likely N-dealkylation sites (tertiary alicyclic amines) is 1. The predicted octanol–water partition coefficient (Wildman–Crippen LogP) is 2.93. The minimum atomic E-state index is 0.259. The van der Waals surface area contributed by atoms with Gasteiger partial charge in [-0.1, -0.05) is 6.07 Å². The van der Waals surface area contributed by atoms with Gasteiger partial charge in [0.2, 0.25) is 0 Å². The third kappa shape index (κ3) is 2.98. The summed E-state index contributed by atoms with van der Waals surface area (Å²) in [7, 11) is 0. The quantitative estimate of drug-likeness (QED) is 0.841. The number of aromatic nitrogens is 1. The standard InChI is InChI=1S/C16H20N2O2S2/c1-11-17-12(10-22-11)7-20-16-6-18(5-13-3-2-4-21-13)15-9-19-8-14(15)16/h2-4,10,14-16H,5-9H2,1H3/t14-,15+,16-/m1/s1. The van der Waals surface area contributed by atoms with E-state index in [1.165, 1.54) is 4.88 Å². The van der Waals surface area contributed by atoms with Gasteiger partial charge in [-0.15, -0.1) is 22.7 Å². The maximum atomic E-state index is 6.19. The maximum absolute atomic E-state index is 6.19. The highest BCUT2D eigenvalue weighted by Crippen LogP contribution is 2.34. The second kappa shape index (κ2) is 6.37. The largest absolute Gasteiger partial charge is 0.379 e. The molecule has 4 heterocycles. The Morgan fingerprint density at radius 3 is 3.14 bits per heavy atom. The van der Waals surface area contributed by atoms with Gasteiger partial charge in [0.1, 0.15) is 0 Å². The van der Waals surface area contributed by atoms with E-state index < -0.39 is 0 Å². The molecule has 3 atom stereocenters. The van der Waals surface area contributed by atoms with Gasteiger partial charge in [-0.25, -0.2) is 4.98 Å². The van der Waals surface area contributed by atoms with Crippen LogP contribution in [0.25, 0.3) is 0 Å². The van der Waals surface area contributed by atoms with Crippen molar-refractivity contribution in [2.45, 2.75) is 32.2 Å². The summed E-state index contributed by atoms with van der Waals surface area (Å²) in [6.07, 6.45) is 0.259. The van der Waals surface area contributed by atoms with Crippen molar-refractivity contribution in [2.24, 2.45) is 5.92 Å². The van der Waals surface area contributed by atoms with Crippen molar-refractivity contribution in [1.29, 1.82) is 0 Å². The number of aryl methyl sites for hydroxylation is 1. The minimum absolute atomic E-state index is 0.259. The first-order valence-electron chi connectivity index (χ1n) is 7.66. The number of ether oxygens (including phenoxy) is 2. The highest BCUT2D eigenvalue weighted by molar-refractivity contribution is 7.10. The van der Waals surface area contributed by atoms with Gasteiger partial charge in [0.15, 0.2) is 0 Å². The van der Waals surface area contributed by atoms with Crippen LogP contribution < -0.4 is 0 Å². The molecule has 0 N–H and O–H groups in total. The van der Waals surface area contributed by atoms with Crippen LogP contribution in [-0.2, 0) is 22.6 Å². The van der Waals surface area contributed by atoms with Crippen molar-refractivity contribution >= 4 is 22.7 Å². The molecular formula is C16H20N2O2S2. The summed E-state index contributed by atoms with van der Waals surface area (Å²) in [5.41, 5.74) is 1.05. The molecule has 118 valence electrons. The van der Waals surface area contributed by atoms with Crippen LogP contribution in [0.15, 0.2) is 22.9 Å². The Bertz CT molecular complexity index is 613. The molecule has 0 saturated carbocycles. The Morgan fingerprint density at radius 2 is 2.36 bits per heavy atom. The fourth-order valence-electron chi connectivity index (χ4n) is 3.42. The maximum Gasteiger partial charge on any atom is 0.0901 e. The van der Waals surface area contributed by atoms with Gasteiger partial charge in [-0.2, -0.15) is 0 Å². The van der Waals surface area contributed by atoms with Crippen molar-refractivity contribution < 1.29 is 9.47 Å². The van der Waals surface area contributed by atoms with E-state index in [4.69, 9.17) is 9.47 Å². The first-order valence-corrected chi connectivity index (χ1v) is 9.42. The number of hydrogen-bond donors (Lipinski definition) is 0. The van der Waals surface area contributed by atoms with E-state index in [1.807, 2.05) is 18.3 Å². The number of thiazole rings is 1. The highest BCUT2D eigenvalue weighted by Gasteiger charge is 2.45. The third-order valence-corrected chi connectivity index (χ3v) is 6.19. The second-order valence-corrected chi connectivity index (χ2v) is 8.08. The van der Waals surface area contributed by atoms with E-state index in [0.29, 0.717) is 18.6 Å². The molecule has 0 radical (unpaired) electrons. The molecule has 0 bridgehead atoms. The Hall–Kier alpha value is -0.790. The van der Waals surface area contributed by atoms with Crippen LogP contribution >= 0.6 is 22.7 Å². The monoisotopic (exact) mass is 336 g/mol. The zero-order valence-electron chi connectivity index (χ0n) is 12.6. The zero-order chi connectivity index (χ0) is 14.9. The van der Waals surface area contributed by atoms with E-state index in [0.717, 1.165) is 37.0 Å². The lowest BCUT2D eigenvalue weighted by molar-refractivity contribution is 0.00761. The number of hydrogen-bond acceptors (Lipinski definition) is 6. The van der Waals surface area contributed by atoms with E-state index in [1.54, 1.807) is 11.3 Å². The number of rotatable bonds is 5. The lowest BCUT2D eigenvalue weighted by atomic mass is 10.0. The van der Waals surface area contributed by atoms with Crippen LogP contribution in [0.4, 0.5) is 0 Å². The highest BCUT2D eigenvalue weighted by atomic mass is 32.1. The van der Waals surface area contributed by atoms with E-state index >= 15 is 0 Å². The number of thiophene rings is 1. The SMILES string of the molecule is Cc1nc(CO[C@@H]2CN(Cc3cccs3)[C@H]3COC[C@@H]23)cs1. The molecule has 22 heavy (non-hydrogen) atoms. The molecule has 2 aromatic heterocycles. The number of nitrogens with zero attached hydrogens (tertiary/aromatic N) is 2. The first-order chi connectivity index (χ1) is 10.8. The summed E-state index contributed by atoms with van der Waals surface area (Å²) in [4.78, 5) is 8.43. The van der Waals surface area contributed by atoms with Crippen LogP contribution in [0.2, 0.25) is 0 Å². The summed E-state index contributed by atoms with van der Waals surface area (Å²) >= 11 is 3.51. The van der Waals surface area contributed by atoms with Crippen LogP contribution in [-0.4, -0.2) is 41.8 Å². The van der Waals surface area contributed by atoms with Gasteiger partial charge < -0.3 is 9.47 Å². The lowest BCUT2D eigenvalue weighted by Gasteiger charge is -2.21. The Morgan fingerprint density at radius 1 is 1.41 bits per heavy atom. The topological polar surface area (TPSA) is 34.6 Å². The molecule has 4 rings (SSSR count). The second-order valence-electron chi connectivity index (χ2n) is 5.98. The molecule has 0 spiro atoms. The summed E-state index contributed by atoms with van der Waals surface area (Å²) in [5.74, 6) is 0.500. The van der Waals surface area contributed by atoms with Crippen molar-refractivity contribution in [3.05, 3.63) is 38.5 Å². The van der Waals surface area contributed by atoms with Crippen LogP contribution in [0, 0.1) is 12.8 Å². The molecule has 2 saturated heterocycles. The average Bonchev–Trinajstić information content (AvgIpc) is 3.24. The smallest absolute Gasteiger partial charge is 0.0901 e. The Labute approximate surface area is 138 Å². The third-order valence-electron chi connectivity index (χ3n) is 4.51. The summed E-state index contributed by atoms with van der Waals surface area (Å²) in [6, 6.07) is 4.84. The number of fused-ring (bicyclic) bond motifs is 1. The molecule has 0 aromatic carbocycles. The van der Waals surface area contributed by atoms with Gasteiger partial charge in [-0.05, 0) is 18.4 Å². The van der Waals surface area contributed by atoms with Gasteiger partial charge in [-0.3, -0.25) is 4.90 Å². The molecule has 0 aliphatic carbocycles. The molecular weight excluding hydrogens is 316 g/mol. The van der Waals surface area contributed by atoms with E-state index in [-0.39, 0.29) is 6.10 Å². The molecule has 2 aromatic rings. The van der Waals surface area contributed by atoms with Crippen molar-refractivity contribution in [2.75, 3.05) is 19.8 Å². The molecule has 2 aliphatic rings. The van der Waals surface area contributed by atoms with Gasteiger partial charge in [0, 0.05) is 35.3 Å². The predicted molar refractivity (Wildman–Crippen MR) is 88.3 cm³/mol. The normalized spacial score (nSPS) is 28.3. The summed E-state index contributed by atoms with van der Waals surface area (Å²) in [6.45, 7) is 6.33. The molecule has 6 heteroatoms. The fourth-order valence-corrected chi connectivity index (χ4v) is 4.75. The van der Waals surface area contributed by atoms with E-state index in [2.05, 4.69) is 32.8 Å². The van der Waals surface area contributed by atoms with Crippen molar-refractivity contribution in [3.63, 3.8) is 0 Å². The van der Waals surface area contributed by atoms with Gasteiger partial charge in [0.05, 0.1) is 36.6 Å². The van der Waals surface area contributed by atoms with Crippen LogP contribution in [0.1, 0.15) is 15.6 Å². The molecule has 4 nitrogen and oxygen atoms in total. The minimum Gasteiger partial charge on any atom is -0.379 e. The van der Waals surface area contributed by atoms with Crippen LogP contribution in [0.5, 0.6) is 0 Å². The Kier molecular flexibility index (Phi) is 4.28. The Balaban J connectivity index is 1.40. The fraction of sp³-hybridized carbons (Fsp3) is 0.562. The lowest BCUT2D eigenvalue weighted by Crippen LogP contribution is -2.31. The van der Waals surface area contributed by atoms with Gasteiger partial charge >= 0.3 is 0 Å². The first kappa shape index (κ1) is 14.8. The van der Waals surface area contributed by atoms with Crippen molar-refractivity contribution in [1.82, 2.24) is 9.88 Å².